The van der Waals surface area contributed by atoms with Crippen LogP contribution in [0.1, 0.15) is 30.8 Å². The topological polar surface area (TPSA) is 65.1 Å². The maximum Gasteiger partial charge on any atom is 0.191 e. The molecule has 1 heterocycles. The number of H-pyrrole nitrogens is 1. The number of para-hydroxylation sites is 2. The van der Waals surface area contributed by atoms with Crippen LogP contribution in [0.3, 0.4) is 0 Å². The minimum atomic E-state index is 0.211. The molecule has 1 atom stereocenters. The van der Waals surface area contributed by atoms with E-state index in [1.807, 2.05) is 24.3 Å². The van der Waals surface area contributed by atoms with Gasteiger partial charge in [0.15, 0.2) is 5.96 Å². The summed E-state index contributed by atoms with van der Waals surface area (Å²) in [5, 5.41) is 6.79. The summed E-state index contributed by atoms with van der Waals surface area (Å²) in [5.41, 5.74) is 3.37. The molecule has 130 valence electrons. The molecule has 1 unspecified atom stereocenters. The molecule has 5 nitrogen and oxygen atoms in total. The van der Waals surface area contributed by atoms with Gasteiger partial charge >= 0.3 is 0 Å². The van der Waals surface area contributed by atoms with Gasteiger partial charge in [0.1, 0.15) is 5.82 Å². The fraction of sp³-hybridized carbons (Fsp3) is 0.300. The van der Waals surface area contributed by atoms with Crippen LogP contribution in [0.15, 0.2) is 59.6 Å². The van der Waals surface area contributed by atoms with Crippen molar-refractivity contribution < 1.29 is 0 Å². The molecule has 0 aliphatic rings. The summed E-state index contributed by atoms with van der Waals surface area (Å²) in [6.45, 7) is 2.98. The van der Waals surface area contributed by atoms with E-state index in [2.05, 4.69) is 62.8 Å². The van der Waals surface area contributed by atoms with Gasteiger partial charge in [0, 0.05) is 20.0 Å². The second-order valence-electron chi connectivity index (χ2n) is 6.08. The van der Waals surface area contributed by atoms with Crippen LogP contribution < -0.4 is 10.6 Å². The molecule has 0 aliphatic heterocycles. The molecule has 3 rings (SSSR count). The Kier molecular flexibility index (Phi) is 5.67. The van der Waals surface area contributed by atoms with Crippen molar-refractivity contribution in [1.29, 1.82) is 0 Å². The molecule has 3 aromatic rings. The molecule has 25 heavy (non-hydrogen) atoms. The van der Waals surface area contributed by atoms with Crippen LogP contribution in [0.2, 0.25) is 0 Å². The third kappa shape index (κ3) is 4.59. The molecule has 0 saturated heterocycles. The molecule has 3 N–H and O–H groups in total. The predicted molar refractivity (Wildman–Crippen MR) is 104 cm³/mol. The third-order valence-corrected chi connectivity index (χ3v) is 4.20. The number of aliphatic imine (C=N–C) groups is 1. The van der Waals surface area contributed by atoms with E-state index in [4.69, 9.17) is 0 Å². The normalized spacial score (nSPS) is 13.0. The van der Waals surface area contributed by atoms with Crippen molar-refractivity contribution in [3.8, 4) is 0 Å². The number of fused-ring (bicyclic) bond motifs is 1. The smallest absolute Gasteiger partial charge is 0.191 e. The number of aryl methyl sites for hydroxylation is 1. The number of imidazole rings is 1. The average Bonchev–Trinajstić information content (AvgIpc) is 3.07. The molecule has 5 heteroatoms. The highest BCUT2D eigenvalue weighted by Crippen LogP contribution is 2.12. The van der Waals surface area contributed by atoms with Crippen LogP contribution in [0, 0.1) is 0 Å². The highest BCUT2D eigenvalue weighted by molar-refractivity contribution is 5.80. The van der Waals surface area contributed by atoms with Gasteiger partial charge in [-0.05, 0) is 31.0 Å². The summed E-state index contributed by atoms with van der Waals surface area (Å²) in [5.74, 6) is 1.85. The van der Waals surface area contributed by atoms with Crippen molar-refractivity contribution in [1.82, 2.24) is 20.6 Å². The molecular formula is C20H25N5. The van der Waals surface area contributed by atoms with Gasteiger partial charge in [-0.2, -0.15) is 0 Å². The summed E-state index contributed by atoms with van der Waals surface area (Å²) in [6.07, 6.45) is 1.90. The van der Waals surface area contributed by atoms with Crippen molar-refractivity contribution in [3.63, 3.8) is 0 Å². The van der Waals surface area contributed by atoms with E-state index in [9.17, 15) is 0 Å². The van der Waals surface area contributed by atoms with E-state index in [1.54, 1.807) is 7.05 Å². The SMILES string of the molecule is CN=C(NCCCc1nc2ccccc2[nH]1)NC(C)c1ccccc1. The molecular weight excluding hydrogens is 310 g/mol. The van der Waals surface area contributed by atoms with Crippen LogP contribution in [0.5, 0.6) is 0 Å². The number of guanidine groups is 1. The zero-order valence-electron chi connectivity index (χ0n) is 14.8. The molecule has 0 aliphatic carbocycles. The van der Waals surface area contributed by atoms with E-state index in [0.717, 1.165) is 42.2 Å². The Morgan fingerprint density at radius 3 is 2.64 bits per heavy atom. The number of nitrogens with one attached hydrogen (secondary N) is 3. The Bertz CT molecular complexity index is 789. The van der Waals surface area contributed by atoms with Crippen LogP contribution in [0.4, 0.5) is 0 Å². The Morgan fingerprint density at radius 1 is 1.12 bits per heavy atom. The monoisotopic (exact) mass is 335 g/mol. The number of aromatic nitrogens is 2. The van der Waals surface area contributed by atoms with Crippen molar-refractivity contribution >= 4 is 17.0 Å². The lowest BCUT2D eigenvalue weighted by molar-refractivity contribution is 0.670. The van der Waals surface area contributed by atoms with E-state index >= 15 is 0 Å². The Labute approximate surface area is 148 Å². The maximum atomic E-state index is 4.61. The van der Waals surface area contributed by atoms with Crippen LogP contribution in [-0.2, 0) is 6.42 Å². The number of rotatable bonds is 6. The fourth-order valence-electron chi connectivity index (χ4n) is 2.81. The first-order chi connectivity index (χ1) is 12.3. The molecule has 0 saturated carbocycles. The summed E-state index contributed by atoms with van der Waals surface area (Å²) >= 11 is 0. The number of benzene rings is 2. The second kappa shape index (κ2) is 8.33. The van der Waals surface area contributed by atoms with Crippen molar-refractivity contribution in [2.24, 2.45) is 4.99 Å². The molecule has 0 amide bonds. The van der Waals surface area contributed by atoms with Crippen LogP contribution in [-0.4, -0.2) is 29.5 Å². The largest absolute Gasteiger partial charge is 0.356 e. The minimum Gasteiger partial charge on any atom is -0.356 e. The van der Waals surface area contributed by atoms with E-state index in [1.165, 1.54) is 5.56 Å². The van der Waals surface area contributed by atoms with Gasteiger partial charge in [0.25, 0.3) is 0 Å². The van der Waals surface area contributed by atoms with Gasteiger partial charge < -0.3 is 15.6 Å². The first-order valence-corrected chi connectivity index (χ1v) is 8.72. The van der Waals surface area contributed by atoms with Gasteiger partial charge in [0.05, 0.1) is 17.1 Å². The molecule has 2 aromatic carbocycles. The van der Waals surface area contributed by atoms with E-state index in [0.29, 0.717) is 0 Å². The summed E-state index contributed by atoms with van der Waals surface area (Å²) in [4.78, 5) is 12.3. The molecule has 0 radical (unpaired) electrons. The first-order valence-electron chi connectivity index (χ1n) is 8.72. The summed E-state index contributed by atoms with van der Waals surface area (Å²) < 4.78 is 0. The van der Waals surface area contributed by atoms with Gasteiger partial charge in [-0.3, -0.25) is 4.99 Å². The van der Waals surface area contributed by atoms with Gasteiger partial charge in [-0.25, -0.2) is 4.98 Å². The van der Waals surface area contributed by atoms with Gasteiger partial charge in [-0.1, -0.05) is 42.5 Å². The Morgan fingerprint density at radius 2 is 1.88 bits per heavy atom. The highest BCUT2D eigenvalue weighted by atomic mass is 15.2. The summed E-state index contributed by atoms with van der Waals surface area (Å²) in [7, 11) is 1.80. The number of hydrogen-bond donors (Lipinski definition) is 3. The molecule has 0 bridgehead atoms. The van der Waals surface area contributed by atoms with Gasteiger partial charge in [0.2, 0.25) is 0 Å². The fourth-order valence-corrected chi connectivity index (χ4v) is 2.81. The van der Waals surface area contributed by atoms with Crippen molar-refractivity contribution in [2.45, 2.75) is 25.8 Å². The van der Waals surface area contributed by atoms with Gasteiger partial charge in [-0.15, -0.1) is 0 Å². The minimum absolute atomic E-state index is 0.211. The Hall–Kier alpha value is -2.82. The standard InChI is InChI=1S/C20H25N5/c1-15(16-9-4-3-5-10-16)23-20(21-2)22-14-8-13-19-24-17-11-6-7-12-18(17)25-19/h3-7,9-12,15H,8,13-14H2,1-2H3,(H,24,25)(H2,21,22,23). The zero-order chi connectivity index (χ0) is 17.5. The number of hydrogen-bond acceptors (Lipinski definition) is 2. The number of aromatic amines is 1. The van der Waals surface area contributed by atoms with E-state index in [-0.39, 0.29) is 6.04 Å². The molecule has 0 fully saturated rings. The van der Waals surface area contributed by atoms with Crippen LogP contribution >= 0.6 is 0 Å². The maximum absolute atomic E-state index is 4.61. The lowest BCUT2D eigenvalue weighted by Gasteiger charge is -2.18. The van der Waals surface area contributed by atoms with Crippen molar-refractivity contribution in [2.75, 3.05) is 13.6 Å². The van der Waals surface area contributed by atoms with E-state index < -0.39 is 0 Å². The lowest BCUT2D eigenvalue weighted by atomic mass is 10.1. The second-order valence-corrected chi connectivity index (χ2v) is 6.08. The van der Waals surface area contributed by atoms with Crippen molar-refractivity contribution in [3.05, 3.63) is 66.0 Å². The average molecular weight is 335 g/mol. The lowest BCUT2D eigenvalue weighted by Crippen LogP contribution is -2.39. The first kappa shape index (κ1) is 17.0. The quantitative estimate of drug-likeness (QED) is 0.367. The molecule has 0 spiro atoms. The zero-order valence-corrected chi connectivity index (χ0v) is 14.8. The molecule has 1 aromatic heterocycles. The van der Waals surface area contributed by atoms with Crippen LogP contribution in [0.25, 0.3) is 11.0 Å². The predicted octanol–water partition coefficient (Wildman–Crippen LogP) is 3.42. The summed E-state index contributed by atoms with van der Waals surface area (Å²) in [6, 6.07) is 18.7. The number of nitrogens with zero attached hydrogens (tertiary/aromatic N) is 2. The third-order valence-electron chi connectivity index (χ3n) is 4.20. The highest BCUT2D eigenvalue weighted by Gasteiger charge is 2.07. The Balaban J connectivity index is 1.45.